The van der Waals surface area contributed by atoms with E-state index in [9.17, 15) is 9.73 Å². The van der Waals surface area contributed by atoms with Gasteiger partial charge in [0.15, 0.2) is 0 Å². The Hall–Kier alpha value is -1.14. The quantitative estimate of drug-likeness (QED) is 0.423. The molecule has 0 aliphatic carbocycles. The van der Waals surface area contributed by atoms with E-state index >= 15 is 0 Å². The van der Waals surface area contributed by atoms with Crippen molar-refractivity contribution in [1.29, 1.82) is 0 Å². The number of nitrogens with zero attached hydrogens (tertiary/aromatic N) is 1. The third kappa shape index (κ3) is 5.97. The minimum absolute atomic E-state index is 0.150. The second-order valence-corrected chi connectivity index (χ2v) is 4.56. The van der Waals surface area contributed by atoms with Gasteiger partial charge in [-0.25, -0.2) is 0 Å². The van der Waals surface area contributed by atoms with Crippen LogP contribution in [0.2, 0.25) is 6.82 Å². The molecule has 1 rings (SSSR count). The van der Waals surface area contributed by atoms with Gasteiger partial charge in [0.05, 0.1) is 0 Å². The molecular formula is C10H14B2BrN3O2. The second kappa shape index (κ2) is 8.05. The predicted molar refractivity (Wildman–Crippen MR) is 76.7 cm³/mol. The molecule has 94 valence electrons. The van der Waals surface area contributed by atoms with Crippen molar-refractivity contribution < 1.29 is 9.73 Å². The Balaban J connectivity index is 2.58. The number of benzene rings is 1. The van der Waals surface area contributed by atoms with Crippen LogP contribution in [0.3, 0.4) is 0 Å². The maximum atomic E-state index is 10.3. The first kappa shape index (κ1) is 14.9. The Morgan fingerprint density at radius 2 is 2.33 bits per heavy atom. The molecule has 0 spiro atoms. The van der Waals surface area contributed by atoms with Crippen LogP contribution in [0.4, 0.5) is 0 Å². The second-order valence-electron chi connectivity index (χ2n) is 3.64. The topological polar surface area (TPSA) is 73.7 Å². The van der Waals surface area contributed by atoms with Crippen molar-refractivity contribution in [2.24, 2.45) is 4.90 Å². The van der Waals surface area contributed by atoms with Crippen molar-refractivity contribution in [2.75, 3.05) is 6.44 Å². The molecule has 0 atom stereocenters. The van der Waals surface area contributed by atoms with E-state index in [1.54, 1.807) is 6.82 Å². The molecule has 0 aliphatic rings. The molecule has 0 radical (unpaired) electrons. The van der Waals surface area contributed by atoms with Gasteiger partial charge in [0, 0.05) is 0 Å². The summed E-state index contributed by atoms with van der Waals surface area (Å²) in [6.45, 7) is 2.10. The number of rotatable bonds is 5. The summed E-state index contributed by atoms with van der Waals surface area (Å²) in [4.78, 5) is 3.93. The summed E-state index contributed by atoms with van der Waals surface area (Å²) in [7, 11) is -0.0904. The van der Waals surface area contributed by atoms with Crippen LogP contribution in [-0.2, 0) is 11.2 Å². The van der Waals surface area contributed by atoms with Crippen molar-refractivity contribution in [2.45, 2.75) is 13.4 Å². The van der Waals surface area contributed by atoms with Crippen LogP contribution in [0.5, 0.6) is 0 Å². The van der Waals surface area contributed by atoms with Crippen LogP contribution in [0.25, 0.3) is 0 Å². The summed E-state index contributed by atoms with van der Waals surface area (Å²) < 4.78 is 11.3. The Morgan fingerprint density at radius 1 is 1.56 bits per heavy atom. The van der Waals surface area contributed by atoms with Gasteiger partial charge < -0.3 is 0 Å². The zero-order chi connectivity index (χ0) is 13.4. The molecule has 1 aromatic rings. The number of guanidine groups is 1. The van der Waals surface area contributed by atoms with Gasteiger partial charge in [0.2, 0.25) is 0 Å². The zero-order valence-electron chi connectivity index (χ0n) is 10.1. The fourth-order valence-electron chi connectivity index (χ4n) is 1.31. The number of nitrogens with one attached hydrogen (secondary N) is 2. The molecule has 0 bridgehead atoms. The van der Waals surface area contributed by atoms with Crippen LogP contribution < -0.4 is 10.6 Å². The van der Waals surface area contributed by atoms with E-state index in [2.05, 4.69) is 31.5 Å². The molecule has 5 nitrogen and oxygen atoms in total. The number of hydrogen-bond acceptors (Lipinski definition) is 3. The fourth-order valence-corrected chi connectivity index (χ4v) is 1.76. The van der Waals surface area contributed by atoms with Crippen molar-refractivity contribution in [3.8, 4) is 0 Å². The van der Waals surface area contributed by atoms with E-state index in [-0.39, 0.29) is 6.44 Å². The first-order chi connectivity index (χ1) is 8.61. The summed E-state index contributed by atoms with van der Waals surface area (Å²) in [6, 6.07) is 7.83. The van der Waals surface area contributed by atoms with E-state index in [1.165, 1.54) is 0 Å². The Kier molecular flexibility index (Phi) is 6.67. The first-order valence-electron chi connectivity index (χ1n) is 5.53. The number of hydrogen-bond donors (Lipinski definition) is 3. The number of halogens is 1. The summed E-state index contributed by atoms with van der Waals surface area (Å²) in [5.74, 6) is 0.400. The molecule has 0 amide bonds. The summed E-state index contributed by atoms with van der Waals surface area (Å²) in [5.41, 5.74) is 1.07. The summed E-state index contributed by atoms with van der Waals surface area (Å²) in [5, 5.41) is 15.0. The normalized spacial score (nSPS) is 10.7. The molecule has 0 saturated carbocycles. The zero-order valence-corrected chi connectivity index (χ0v) is 11.6. The van der Waals surface area contributed by atoms with Crippen molar-refractivity contribution in [1.82, 2.24) is 10.6 Å². The van der Waals surface area contributed by atoms with E-state index in [1.807, 2.05) is 24.3 Å². The van der Waals surface area contributed by atoms with Gasteiger partial charge in [0.1, 0.15) is 0 Å². The van der Waals surface area contributed by atoms with Crippen LogP contribution >= 0.6 is 15.9 Å². The fraction of sp³-hybridized carbons (Fsp3) is 0.300. The Bertz CT molecular complexity index is 429. The third-order valence-electron chi connectivity index (χ3n) is 2.02. The molecule has 0 unspecified atom stereocenters. The molecule has 1 aromatic carbocycles. The van der Waals surface area contributed by atoms with Crippen LogP contribution in [0.1, 0.15) is 5.56 Å². The van der Waals surface area contributed by atoms with Gasteiger partial charge in [-0.15, -0.1) is 0 Å². The van der Waals surface area contributed by atoms with Gasteiger partial charge in [-0.3, -0.25) is 0 Å². The van der Waals surface area contributed by atoms with E-state index in [4.69, 9.17) is 0 Å². The predicted octanol–water partition coefficient (Wildman–Crippen LogP) is 0.602. The average molecular weight is 310 g/mol. The van der Waals surface area contributed by atoms with Gasteiger partial charge in [0.25, 0.3) is 0 Å². The van der Waals surface area contributed by atoms with E-state index in [0.29, 0.717) is 12.5 Å². The third-order valence-corrected chi connectivity index (χ3v) is 2.51. The Morgan fingerprint density at radius 3 is 2.94 bits per heavy atom. The van der Waals surface area contributed by atoms with Crippen molar-refractivity contribution in [3.63, 3.8) is 0 Å². The molecule has 0 aromatic heterocycles. The summed E-state index contributed by atoms with van der Waals surface area (Å²) >= 11 is 3.39. The molecular weight excluding hydrogens is 296 g/mol. The van der Waals surface area contributed by atoms with Gasteiger partial charge >= 0.3 is 115 Å². The molecule has 0 saturated heterocycles. The molecule has 0 heterocycles. The van der Waals surface area contributed by atoms with Crippen LogP contribution in [0, 0.1) is 0 Å². The van der Waals surface area contributed by atoms with Gasteiger partial charge in [-0.05, 0) is 0 Å². The van der Waals surface area contributed by atoms with Gasteiger partial charge in [-0.1, -0.05) is 0 Å². The maximum absolute atomic E-state index is 10.3. The van der Waals surface area contributed by atoms with E-state index in [0.717, 1.165) is 17.2 Å². The standard InChI is InChI=1S/C10H14B2BrN3O2/c1-12(18)16-10(15-7-11-17)14-6-8-3-2-4-9(13)5-8/h2-5,18H,6-7H2,1H3,(H2,14,15,16). The van der Waals surface area contributed by atoms with Gasteiger partial charge in [-0.2, -0.15) is 0 Å². The van der Waals surface area contributed by atoms with Crippen LogP contribution in [0.15, 0.2) is 33.6 Å². The Labute approximate surface area is 116 Å². The van der Waals surface area contributed by atoms with Crippen LogP contribution in [-0.4, -0.2) is 31.6 Å². The van der Waals surface area contributed by atoms with E-state index < -0.39 is 7.05 Å². The molecule has 8 heteroatoms. The SMILES string of the molecule is CB(O)N=C(NCB=O)NCc1cccc(Br)c1. The van der Waals surface area contributed by atoms with Crippen molar-refractivity contribution >= 4 is 36.1 Å². The monoisotopic (exact) mass is 309 g/mol. The minimum atomic E-state index is -0.825. The van der Waals surface area contributed by atoms with Crippen molar-refractivity contribution in [3.05, 3.63) is 34.3 Å². The first-order valence-corrected chi connectivity index (χ1v) is 6.33. The molecule has 18 heavy (non-hydrogen) atoms. The molecule has 3 N–H and O–H groups in total. The average Bonchev–Trinajstić information content (AvgIpc) is 2.32. The summed E-state index contributed by atoms with van der Waals surface area (Å²) in [6.07, 6.45) is 0.150. The molecule has 0 aliphatic heterocycles. The molecule has 0 fully saturated rings.